The van der Waals surface area contributed by atoms with Crippen LogP contribution in [0, 0.1) is 6.92 Å². The Kier molecular flexibility index (Phi) is 8.57. The van der Waals surface area contributed by atoms with Crippen LogP contribution in [0.3, 0.4) is 0 Å². The topological polar surface area (TPSA) is 105 Å². The third kappa shape index (κ3) is 6.23. The van der Waals surface area contributed by atoms with Gasteiger partial charge in [-0.1, -0.05) is 31.5 Å². The van der Waals surface area contributed by atoms with Gasteiger partial charge in [0.05, 0.1) is 17.1 Å². The first-order valence-electron chi connectivity index (χ1n) is 12.9. The largest absolute Gasteiger partial charge is 0.492 e. The molecule has 2 amide bonds. The number of sulfonamides is 1. The van der Waals surface area contributed by atoms with E-state index in [0.717, 1.165) is 11.3 Å². The Labute approximate surface area is 229 Å². The molecule has 1 unspecified atom stereocenters. The fraction of sp³-hybridized carbons (Fsp3) is 0.310. The zero-order valence-electron chi connectivity index (χ0n) is 22.5. The van der Waals surface area contributed by atoms with Crippen LogP contribution in [0.2, 0.25) is 0 Å². The molecule has 0 spiro atoms. The van der Waals surface area contributed by atoms with Gasteiger partial charge in [-0.05, 0) is 62.4 Å². The molecule has 4 rings (SSSR count). The molecule has 0 bridgehead atoms. The van der Waals surface area contributed by atoms with Gasteiger partial charge in [0.1, 0.15) is 18.1 Å². The van der Waals surface area contributed by atoms with Crippen LogP contribution in [0.15, 0.2) is 71.6 Å². The molecule has 0 radical (unpaired) electrons. The first-order valence-corrected chi connectivity index (χ1v) is 14.3. The highest BCUT2D eigenvalue weighted by Gasteiger charge is 2.31. The second-order valence-corrected chi connectivity index (χ2v) is 11.1. The fourth-order valence-electron chi connectivity index (χ4n) is 4.30. The van der Waals surface area contributed by atoms with E-state index in [1.54, 1.807) is 43.9 Å². The van der Waals surface area contributed by atoms with E-state index in [9.17, 15) is 18.0 Å². The second-order valence-electron chi connectivity index (χ2n) is 9.16. The molecule has 3 aromatic rings. The van der Waals surface area contributed by atoms with Crippen LogP contribution in [0.5, 0.6) is 11.5 Å². The molecule has 1 N–H and O–H groups in total. The first kappa shape index (κ1) is 28.1. The number of hydrogen-bond donors (Lipinski definition) is 1. The Morgan fingerprint density at radius 2 is 1.69 bits per heavy atom. The maximum absolute atomic E-state index is 12.9. The van der Waals surface area contributed by atoms with E-state index in [-0.39, 0.29) is 10.8 Å². The van der Waals surface area contributed by atoms with Crippen molar-refractivity contribution in [1.82, 2.24) is 4.31 Å². The molecule has 1 heterocycles. The van der Waals surface area contributed by atoms with Crippen LogP contribution >= 0.6 is 0 Å². The summed E-state index contributed by atoms with van der Waals surface area (Å²) in [7, 11) is -3.61. The number of benzene rings is 3. The minimum atomic E-state index is -3.61. The molecule has 0 fully saturated rings. The van der Waals surface area contributed by atoms with Crippen molar-refractivity contribution in [1.29, 1.82) is 0 Å². The van der Waals surface area contributed by atoms with Gasteiger partial charge in [0.2, 0.25) is 10.0 Å². The number of carbonyl (C=O) groups excluding carboxylic acids is 2. The Morgan fingerprint density at radius 3 is 2.33 bits per heavy atom. The Hall–Kier alpha value is -3.89. The predicted octanol–water partition coefficient (Wildman–Crippen LogP) is 4.47. The summed E-state index contributed by atoms with van der Waals surface area (Å²) < 4.78 is 38.4. The number of anilines is 2. The molecule has 9 nitrogen and oxygen atoms in total. The minimum absolute atomic E-state index is 0.134. The van der Waals surface area contributed by atoms with Crippen molar-refractivity contribution in [3.8, 4) is 11.5 Å². The first-order chi connectivity index (χ1) is 18.6. The van der Waals surface area contributed by atoms with Crippen molar-refractivity contribution in [3.63, 3.8) is 0 Å². The average molecular weight is 552 g/mol. The predicted molar refractivity (Wildman–Crippen MR) is 150 cm³/mol. The summed E-state index contributed by atoms with van der Waals surface area (Å²) in [4.78, 5) is 27.5. The van der Waals surface area contributed by atoms with E-state index in [1.807, 2.05) is 31.2 Å². The summed E-state index contributed by atoms with van der Waals surface area (Å²) in [6.45, 7) is 8.60. The van der Waals surface area contributed by atoms with Gasteiger partial charge in [0, 0.05) is 30.4 Å². The Bertz CT molecular complexity index is 1430. The molecule has 0 saturated carbocycles. The zero-order chi connectivity index (χ0) is 28.2. The van der Waals surface area contributed by atoms with Gasteiger partial charge in [-0.25, -0.2) is 8.42 Å². The third-order valence-corrected chi connectivity index (χ3v) is 8.55. The van der Waals surface area contributed by atoms with Crippen molar-refractivity contribution in [2.75, 3.05) is 36.5 Å². The molecule has 1 atom stereocenters. The normalized spacial score (nSPS) is 15.1. The molecule has 1 aliphatic heterocycles. The molecule has 206 valence electrons. The lowest BCUT2D eigenvalue weighted by atomic mass is 10.1. The highest BCUT2D eigenvalue weighted by molar-refractivity contribution is 7.89. The van der Waals surface area contributed by atoms with Crippen LogP contribution in [0.1, 0.15) is 36.7 Å². The SMILES string of the molecule is CCN(CC)S(=O)(=O)c1ccc(C(=O)Nc2ccc3c(c2)OC(C)C(=O)N3CCOc2ccc(C)cc2)cc1. The highest BCUT2D eigenvalue weighted by atomic mass is 32.2. The number of fused-ring (bicyclic) bond motifs is 1. The highest BCUT2D eigenvalue weighted by Crippen LogP contribution is 2.36. The van der Waals surface area contributed by atoms with Crippen LogP contribution in [-0.2, 0) is 14.8 Å². The summed E-state index contributed by atoms with van der Waals surface area (Å²) in [6.07, 6.45) is -0.692. The summed E-state index contributed by atoms with van der Waals surface area (Å²) >= 11 is 0. The molecule has 3 aromatic carbocycles. The van der Waals surface area contributed by atoms with Crippen molar-refractivity contribution in [3.05, 3.63) is 77.9 Å². The van der Waals surface area contributed by atoms with E-state index in [2.05, 4.69) is 5.32 Å². The number of aryl methyl sites for hydroxylation is 1. The fourth-order valence-corrected chi connectivity index (χ4v) is 5.76. The second kappa shape index (κ2) is 11.9. The van der Waals surface area contributed by atoms with Crippen molar-refractivity contribution >= 4 is 33.2 Å². The number of ether oxygens (including phenoxy) is 2. The van der Waals surface area contributed by atoms with Crippen molar-refractivity contribution < 1.29 is 27.5 Å². The van der Waals surface area contributed by atoms with E-state index >= 15 is 0 Å². The Morgan fingerprint density at radius 1 is 1.03 bits per heavy atom. The minimum Gasteiger partial charge on any atom is -0.492 e. The van der Waals surface area contributed by atoms with E-state index < -0.39 is 22.0 Å². The van der Waals surface area contributed by atoms with Crippen molar-refractivity contribution in [2.45, 2.75) is 38.7 Å². The molecule has 0 aromatic heterocycles. The van der Waals surface area contributed by atoms with Gasteiger partial charge in [-0.3, -0.25) is 9.59 Å². The summed E-state index contributed by atoms with van der Waals surface area (Å²) in [5.41, 5.74) is 2.52. The van der Waals surface area contributed by atoms with Gasteiger partial charge >= 0.3 is 0 Å². The molecule has 0 saturated heterocycles. The molecular weight excluding hydrogens is 518 g/mol. The maximum Gasteiger partial charge on any atom is 0.267 e. The Balaban J connectivity index is 1.45. The zero-order valence-corrected chi connectivity index (χ0v) is 23.3. The van der Waals surface area contributed by atoms with Crippen LogP contribution in [-0.4, -0.2) is 56.9 Å². The van der Waals surface area contributed by atoms with Gasteiger partial charge in [0.15, 0.2) is 6.10 Å². The number of nitrogens with one attached hydrogen (secondary N) is 1. The molecule has 0 aliphatic carbocycles. The summed E-state index contributed by atoms with van der Waals surface area (Å²) in [5, 5.41) is 2.81. The van der Waals surface area contributed by atoms with E-state index in [0.29, 0.717) is 48.9 Å². The maximum atomic E-state index is 12.9. The molecular formula is C29H33N3O6S. The van der Waals surface area contributed by atoms with E-state index in [4.69, 9.17) is 9.47 Å². The smallest absolute Gasteiger partial charge is 0.267 e. The molecule has 10 heteroatoms. The van der Waals surface area contributed by atoms with Crippen LogP contribution < -0.4 is 19.7 Å². The van der Waals surface area contributed by atoms with Crippen molar-refractivity contribution in [2.24, 2.45) is 0 Å². The number of amides is 2. The number of carbonyl (C=O) groups is 2. The standard InChI is InChI=1S/C29H33N3O6S/c1-5-31(6-2)39(35,36)25-14-9-22(10-15-25)28(33)30-23-11-16-26-27(19-23)38-21(4)29(34)32(26)17-18-37-24-12-7-20(3)8-13-24/h7-16,19,21H,5-6,17-18H2,1-4H3,(H,30,33). The van der Waals surface area contributed by atoms with Gasteiger partial charge in [-0.2, -0.15) is 4.31 Å². The monoisotopic (exact) mass is 551 g/mol. The summed E-state index contributed by atoms with van der Waals surface area (Å²) in [5.74, 6) is 0.624. The number of nitrogens with zero attached hydrogens (tertiary/aromatic N) is 2. The van der Waals surface area contributed by atoms with Gasteiger partial charge < -0.3 is 19.7 Å². The van der Waals surface area contributed by atoms with E-state index in [1.165, 1.54) is 28.6 Å². The third-order valence-electron chi connectivity index (χ3n) is 6.49. The average Bonchev–Trinajstić information content (AvgIpc) is 2.92. The quantitative estimate of drug-likeness (QED) is 0.399. The lowest BCUT2D eigenvalue weighted by Gasteiger charge is -2.33. The van der Waals surface area contributed by atoms with Crippen LogP contribution in [0.4, 0.5) is 11.4 Å². The molecule has 1 aliphatic rings. The number of hydrogen-bond acceptors (Lipinski definition) is 6. The van der Waals surface area contributed by atoms with Gasteiger partial charge in [-0.15, -0.1) is 0 Å². The van der Waals surface area contributed by atoms with Gasteiger partial charge in [0.25, 0.3) is 11.8 Å². The lowest BCUT2D eigenvalue weighted by molar-refractivity contribution is -0.125. The number of rotatable bonds is 10. The lowest BCUT2D eigenvalue weighted by Crippen LogP contribution is -2.46. The van der Waals surface area contributed by atoms with Crippen LogP contribution in [0.25, 0.3) is 0 Å². The summed E-state index contributed by atoms with van der Waals surface area (Å²) in [6, 6.07) is 18.6. The molecule has 39 heavy (non-hydrogen) atoms.